The van der Waals surface area contributed by atoms with Crippen molar-refractivity contribution in [1.82, 2.24) is 5.06 Å². The Balaban J connectivity index is 2.45. The molecule has 136 valence electrons. The molecule has 0 radical (unpaired) electrons. The smallest absolute Gasteiger partial charge is 0.322 e. The van der Waals surface area contributed by atoms with Gasteiger partial charge in [-0.05, 0) is 29.7 Å². The molecule has 1 atom stereocenters. The number of hydrogen-bond donors (Lipinski definition) is 2. The van der Waals surface area contributed by atoms with Crippen molar-refractivity contribution in [3.8, 4) is 6.07 Å². The molecule has 0 aliphatic carbocycles. The van der Waals surface area contributed by atoms with Gasteiger partial charge in [0.25, 0.3) is 0 Å². The minimum atomic E-state index is -4.86. The molecule has 26 heavy (non-hydrogen) atoms. The van der Waals surface area contributed by atoms with E-state index in [-0.39, 0.29) is 25.0 Å². The Bertz CT molecular complexity index is 829. The van der Waals surface area contributed by atoms with E-state index in [1.54, 1.807) is 31.2 Å². The van der Waals surface area contributed by atoms with Gasteiger partial charge in [0.15, 0.2) is 5.28 Å². The lowest BCUT2D eigenvalue weighted by Crippen LogP contribution is -2.44. The van der Waals surface area contributed by atoms with Crippen LogP contribution in [0, 0.1) is 11.3 Å². The molecule has 0 spiro atoms. The lowest BCUT2D eigenvalue weighted by molar-refractivity contribution is -0.206. The van der Waals surface area contributed by atoms with Crippen molar-refractivity contribution in [2.75, 3.05) is 0 Å². The Morgan fingerprint density at radius 1 is 1.19 bits per heavy atom. The molecule has 1 unspecified atom stereocenters. The summed E-state index contributed by atoms with van der Waals surface area (Å²) in [4.78, 5) is 37.3. The zero-order valence-electron chi connectivity index (χ0n) is 14.1. The second-order valence-corrected chi connectivity index (χ2v) is 7.42. The average molecular weight is 374 g/mol. The van der Waals surface area contributed by atoms with E-state index < -0.39 is 12.9 Å². The van der Waals surface area contributed by atoms with Gasteiger partial charge in [-0.2, -0.15) is 5.26 Å². The van der Waals surface area contributed by atoms with Crippen molar-refractivity contribution in [3.05, 3.63) is 71.3 Å². The molecule has 0 fully saturated rings. The maximum absolute atomic E-state index is 12.4. The number of hydroxylamine groups is 2. The quantitative estimate of drug-likeness (QED) is 0.418. The minimum Gasteiger partial charge on any atom is -0.322 e. The van der Waals surface area contributed by atoms with E-state index in [1.807, 2.05) is 12.1 Å². The molecule has 2 rings (SSSR count). The van der Waals surface area contributed by atoms with Gasteiger partial charge in [-0.25, -0.2) is 5.06 Å². The number of amides is 1. The maximum atomic E-state index is 12.4. The zero-order valence-corrected chi connectivity index (χ0v) is 15.0. The molecule has 0 aliphatic rings. The monoisotopic (exact) mass is 374 g/mol. The number of carbonyl (C=O) groups excluding carboxylic acids is 1. The molecule has 0 bridgehead atoms. The lowest BCUT2D eigenvalue weighted by Gasteiger charge is -2.40. The highest BCUT2D eigenvalue weighted by Gasteiger charge is 2.53. The summed E-state index contributed by atoms with van der Waals surface area (Å²) in [6, 6.07) is 16.6. The SMILES string of the molecule is CCC(c1ccc(C#N)cc1)(N(C=O)OCc1ccccc1)P(=O)(O)O. The normalized spacial score (nSPS) is 13.5. The van der Waals surface area contributed by atoms with Crippen molar-refractivity contribution in [1.29, 1.82) is 5.26 Å². The predicted molar refractivity (Wildman–Crippen MR) is 94.3 cm³/mol. The largest absolute Gasteiger partial charge is 0.358 e. The molecule has 0 saturated heterocycles. The maximum Gasteiger partial charge on any atom is 0.358 e. The standard InChI is InChI=1S/C18H19N2O5P/c1-2-18(26(22,23)24,17-10-8-15(12-19)9-11-17)20(14-21)25-13-16-6-4-3-5-7-16/h3-11,14H,2,13H2,1H3,(H2,22,23,24). The van der Waals surface area contributed by atoms with Crippen molar-refractivity contribution in [2.24, 2.45) is 0 Å². The van der Waals surface area contributed by atoms with Crippen LogP contribution in [0.15, 0.2) is 54.6 Å². The second kappa shape index (κ2) is 8.26. The van der Waals surface area contributed by atoms with Crippen LogP contribution in [0.2, 0.25) is 0 Å². The summed E-state index contributed by atoms with van der Waals surface area (Å²) in [7, 11) is -4.86. The molecule has 8 heteroatoms. The summed E-state index contributed by atoms with van der Waals surface area (Å²) in [6.07, 6.45) is 0.181. The number of nitriles is 1. The minimum absolute atomic E-state index is 0.0301. The molecule has 2 N–H and O–H groups in total. The van der Waals surface area contributed by atoms with Crippen LogP contribution in [0.25, 0.3) is 0 Å². The van der Waals surface area contributed by atoms with E-state index in [9.17, 15) is 19.1 Å². The fourth-order valence-corrected chi connectivity index (χ4v) is 4.00. The Morgan fingerprint density at radius 3 is 2.27 bits per heavy atom. The highest BCUT2D eigenvalue weighted by Crippen LogP contribution is 2.60. The molecule has 0 saturated carbocycles. The summed E-state index contributed by atoms with van der Waals surface area (Å²) in [5.74, 6) is 0. The average Bonchev–Trinajstić information content (AvgIpc) is 2.65. The van der Waals surface area contributed by atoms with Crippen molar-refractivity contribution in [3.63, 3.8) is 0 Å². The Kier molecular flexibility index (Phi) is 6.30. The third-order valence-corrected chi connectivity index (χ3v) is 5.86. The molecule has 1 amide bonds. The Morgan fingerprint density at radius 2 is 1.81 bits per heavy atom. The third kappa shape index (κ3) is 3.85. The zero-order chi connectivity index (χ0) is 19.2. The van der Waals surface area contributed by atoms with E-state index in [4.69, 9.17) is 10.1 Å². The molecule has 2 aromatic carbocycles. The Hall–Kier alpha value is -2.49. The van der Waals surface area contributed by atoms with Crippen LogP contribution in [0.3, 0.4) is 0 Å². The summed E-state index contributed by atoms with van der Waals surface area (Å²) < 4.78 is 12.4. The summed E-state index contributed by atoms with van der Waals surface area (Å²) in [5.41, 5.74) is 1.27. The van der Waals surface area contributed by atoms with Crippen LogP contribution < -0.4 is 0 Å². The van der Waals surface area contributed by atoms with E-state index >= 15 is 0 Å². The van der Waals surface area contributed by atoms with Crippen LogP contribution >= 0.6 is 7.60 Å². The molecule has 0 heterocycles. The van der Waals surface area contributed by atoms with E-state index in [1.165, 1.54) is 24.3 Å². The van der Waals surface area contributed by atoms with E-state index in [2.05, 4.69) is 0 Å². The first kappa shape index (κ1) is 19.8. The molecule has 7 nitrogen and oxygen atoms in total. The number of nitrogens with zero attached hydrogens (tertiary/aromatic N) is 2. The van der Waals surface area contributed by atoms with Gasteiger partial charge in [0.2, 0.25) is 6.41 Å². The van der Waals surface area contributed by atoms with Crippen molar-refractivity contribution in [2.45, 2.75) is 25.2 Å². The van der Waals surface area contributed by atoms with Gasteiger partial charge in [0.1, 0.15) is 6.61 Å². The topological polar surface area (TPSA) is 111 Å². The van der Waals surface area contributed by atoms with Gasteiger partial charge in [-0.15, -0.1) is 0 Å². The predicted octanol–water partition coefficient (Wildman–Crippen LogP) is 2.89. The first-order valence-corrected chi connectivity index (χ1v) is 9.48. The number of carbonyl (C=O) groups is 1. The highest BCUT2D eigenvalue weighted by molar-refractivity contribution is 7.53. The van der Waals surface area contributed by atoms with Crippen LogP contribution in [0.1, 0.15) is 30.0 Å². The first-order valence-electron chi connectivity index (χ1n) is 7.86. The van der Waals surface area contributed by atoms with E-state index in [0.717, 1.165) is 5.56 Å². The summed E-state index contributed by atoms with van der Waals surface area (Å²) in [6.45, 7) is 1.53. The molecular weight excluding hydrogens is 355 g/mol. The Labute approximate surface area is 151 Å². The van der Waals surface area contributed by atoms with Crippen molar-refractivity contribution < 1.29 is 24.0 Å². The van der Waals surface area contributed by atoms with Gasteiger partial charge in [0, 0.05) is 0 Å². The second-order valence-electron chi connectivity index (χ2n) is 5.59. The number of benzene rings is 2. The molecule has 2 aromatic rings. The fraction of sp³-hybridized carbons (Fsp3) is 0.222. The van der Waals surface area contributed by atoms with Gasteiger partial charge in [-0.1, -0.05) is 49.4 Å². The van der Waals surface area contributed by atoms with Gasteiger partial charge in [0.05, 0.1) is 11.6 Å². The number of hydrogen-bond acceptors (Lipinski definition) is 4. The number of rotatable bonds is 8. The van der Waals surface area contributed by atoms with E-state index in [0.29, 0.717) is 10.6 Å². The molecule has 0 aliphatic heterocycles. The van der Waals surface area contributed by atoms with Crippen molar-refractivity contribution >= 4 is 14.0 Å². The van der Waals surface area contributed by atoms with Crippen LogP contribution in [0.5, 0.6) is 0 Å². The van der Waals surface area contributed by atoms with Crippen LogP contribution in [-0.2, 0) is 26.1 Å². The van der Waals surface area contributed by atoms with Crippen LogP contribution in [0.4, 0.5) is 0 Å². The van der Waals surface area contributed by atoms with Crippen LogP contribution in [-0.4, -0.2) is 21.3 Å². The highest BCUT2D eigenvalue weighted by atomic mass is 31.2. The first-order chi connectivity index (χ1) is 12.4. The summed E-state index contributed by atoms with van der Waals surface area (Å²) >= 11 is 0. The van der Waals surface area contributed by atoms with Gasteiger partial charge in [-0.3, -0.25) is 14.2 Å². The summed E-state index contributed by atoms with van der Waals surface area (Å²) in [5, 5.41) is 7.61. The van der Waals surface area contributed by atoms with Gasteiger partial charge >= 0.3 is 7.60 Å². The van der Waals surface area contributed by atoms with Gasteiger partial charge < -0.3 is 9.79 Å². The third-order valence-electron chi connectivity index (χ3n) is 4.12. The molecule has 0 aromatic heterocycles. The fourth-order valence-electron chi connectivity index (χ4n) is 2.74. The lowest BCUT2D eigenvalue weighted by atomic mass is 10.0. The molecular formula is C18H19N2O5P.